The molecule has 0 unspecified atom stereocenters. The summed E-state index contributed by atoms with van der Waals surface area (Å²) >= 11 is 0. The van der Waals surface area contributed by atoms with Crippen molar-refractivity contribution in [3.05, 3.63) is 53.6 Å². The highest BCUT2D eigenvalue weighted by molar-refractivity contribution is 7.92. The molecule has 1 fully saturated rings. The van der Waals surface area contributed by atoms with Crippen LogP contribution < -0.4 is 19.5 Å². The van der Waals surface area contributed by atoms with Crippen LogP contribution in [0.3, 0.4) is 0 Å². The van der Waals surface area contributed by atoms with Crippen LogP contribution in [0.2, 0.25) is 0 Å². The standard InChI is InChI=1S/C23H28N2O5S/c1-2-31(27,28)25-19-9-7-18(8-10-19)23(12-4-3-5-13-23)22(26)24-15-17-6-11-20-21(14-17)30-16-29-20/h6-11,14,25H,2-5,12-13,15-16H2,1H3,(H,24,26). The minimum absolute atomic E-state index is 0.00626. The van der Waals surface area contributed by atoms with Gasteiger partial charge < -0.3 is 14.8 Å². The summed E-state index contributed by atoms with van der Waals surface area (Å²) in [6, 6.07) is 12.9. The molecule has 0 bridgehead atoms. The maximum atomic E-state index is 13.4. The summed E-state index contributed by atoms with van der Waals surface area (Å²) in [5.74, 6) is 1.44. The molecule has 0 saturated heterocycles. The zero-order chi connectivity index (χ0) is 21.9. The van der Waals surface area contributed by atoms with Gasteiger partial charge in [-0.1, -0.05) is 37.5 Å². The largest absolute Gasteiger partial charge is 0.454 e. The van der Waals surface area contributed by atoms with Crippen molar-refractivity contribution in [2.45, 2.75) is 51.0 Å². The molecule has 1 aliphatic heterocycles. The highest BCUT2D eigenvalue weighted by Crippen LogP contribution is 2.40. The number of benzene rings is 2. The number of hydrogen-bond donors (Lipinski definition) is 2. The van der Waals surface area contributed by atoms with Gasteiger partial charge in [0.15, 0.2) is 11.5 Å². The second-order valence-electron chi connectivity index (χ2n) is 8.10. The number of fused-ring (bicyclic) bond motifs is 1. The van der Waals surface area contributed by atoms with Crippen LogP contribution in [0, 0.1) is 0 Å². The van der Waals surface area contributed by atoms with Crippen LogP contribution in [0.25, 0.3) is 0 Å². The fourth-order valence-corrected chi connectivity index (χ4v) is 4.95. The van der Waals surface area contributed by atoms with Gasteiger partial charge in [-0.25, -0.2) is 8.42 Å². The van der Waals surface area contributed by atoms with Gasteiger partial charge in [0, 0.05) is 12.2 Å². The molecular formula is C23H28N2O5S. The SMILES string of the molecule is CCS(=O)(=O)Nc1ccc(C2(C(=O)NCc3ccc4c(c3)OCO4)CCCCC2)cc1. The van der Waals surface area contributed by atoms with E-state index in [0.717, 1.165) is 49.0 Å². The van der Waals surface area contributed by atoms with Crippen molar-refractivity contribution in [2.24, 2.45) is 0 Å². The number of rotatable bonds is 7. The van der Waals surface area contributed by atoms with E-state index >= 15 is 0 Å². The molecule has 1 saturated carbocycles. The third-order valence-electron chi connectivity index (χ3n) is 6.12. The van der Waals surface area contributed by atoms with Gasteiger partial charge in [0.05, 0.1) is 11.2 Å². The predicted octanol–water partition coefficient (Wildman–Crippen LogP) is 3.70. The second kappa shape index (κ2) is 8.78. The number of anilines is 1. The third kappa shape index (κ3) is 4.63. The molecule has 0 spiro atoms. The van der Waals surface area contributed by atoms with E-state index in [1.807, 2.05) is 30.3 Å². The summed E-state index contributed by atoms with van der Waals surface area (Å²) < 4.78 is 37.0. The topological polar surface area (TPSA) is 93.7 Å². The Morgan fingerprint density at radius 3 is 2.42 bits per heavy atom. The number of ether oxygens (including phenoxy) is 2. The number of carbonyl (C=O) groups is 1. The molecule has 4 rings (SSSR count). The first-order valence-corrected chi connectivity index (χ1v) is 12.3. The van der Waals surface area contributed by atoms with Crippen LogP contribution in [-0.2, 0) is 26.8 Å². The van der Waals surface area contributed by atoms with Gasteiger partial charge in [0.1, 0.15) is 0 Å². The lowest BCUT2D eigenvalue weighted by Crippen LogP contribution is -2.45. The molecule has 0 aromatic heterocycles. The molecule has 0 radical (unpaired) electrons. The van der Waals surface area contributed by atoms with E-state index in [4.69, 9.17) is 9.47 Å². The zero-order valence-electron chi connectivity index (χ0n) is 17.6. The van der Waals surface area contributed by atoms with E-state index in [0.29, 0.717) is 18.0 Å². The van der Waals surface area contributed by atoms with Crippen molar-refractivity contribution in [1.82, 2.24) is 5.32 Å². The molecule has 2 aromatic carbocycles. The summed E-state index contributed by atoms with van der Waals surface area (Å²) in [4.78, 5) is 13.4. The minimum atomic E-state index is -3.33. The lowest BCUT2D eigenvalue weighted by molar-refractivity contribution is -0.128. The van der Waals surface area contributed by atoms with E-state index in [9.17, 15) is 13.2 Å². The van der Waals surface area contributed by atoms with Crippen molar-refractivity contribution < 1.29 is 22.7 Å². The van der Waals surface area contributed by atoms with Crippen LogP contribution in [-0.4, -0.2) is 26.9 Å². The van der Waals surface area contributed by atoms with Gasteiger partial charge in [0.2, 0.25) is 22.7 Å². The Bertz CT molecular complexity index is 1040. The highest BCUT2D eigenvalue weighted by atomic mass is 32.2. The maximum Gasteiger partial charge on any atom is 0.232 e. The lowest BCUT2D eigenvalue weighted by Gasteiger charge is -2.36. The first-order valence-electron chi connectivity index (χ1n) is 10.7. The van der Waals surface area contributed by atoms with E-state index < -0.39 is 15.4 Å². The van der Waals surface area contributed by atoms with Gasteiger partial charge >= 0.3 is 0 Å². The monoisotopic (exact) mass is 444 g/mol. The van der Waals surface area contributed by atoms with E-state index in [2.05, 4.69) is 10.0 Å². The fourth-order valence-electron chi connectivity index (χ4n) is 4.31. The summed E-state index contributed by atoms with van der Waals surface area (Å²) in [5.41, 5.74) is 1.79. The van der Waals surface area contributed by atoms with Crippen LogP contribution in [0.5, 0.6) is 11.5 Å². The highest BCUT2D eigenvalue weighted by Gasteiger charge is 2.41. The van der Waals surface area contributed by atoms with Crippen molar-refractivity contribution in [1.29, 1.82) is 0 Å². The predicted molar refractivity (Wildman–Crippen MR) is 119 cm³/mol. The molecule has 0 atom stereocenters. The number of carbonyl (C=O) groups excluding carboxylic acids is 1. The van der Waals surface area contributed by atoms with Gasteiger partial charge in [0.25, 0.3) is 0 Å². The van der Waals surface area contributed by atoms with Crippen LogP contribution >= 0.6 is 0 Å². The molecule has 7 nitrogen and oxygen atoms in total. The zero-order valence-corrected chi connectivity index (χ0v) is 18.5. The Balaban J connectivity index is 1.51. The first kappa shape index (κ1) is 21.5. The Hall–Kier alpha value is -2.74. The molecule has 2 aliphatic rings. The summed E-state index contributed by atoms with van der Waals surface area (Å²) in [6.45, 7) is 2.22. The number of nitrogens with one attached hydrogen (secondary N) is 2. The molecule has 8 heteroatoms. The summed E-state index contributed by atoms with van der Waals surface area (Å²) in [5, 5.41) is 3.11. The minimum Gasteiger partial charge on any atom is -0.454 e. The number of sulfonamides is 1. The van der Waals surface area contributed by atoms with E-state index in [-0.39, 0.29) is 18.5 Å². The lowest BCUT2D eigenvalue weighted by atomic mass is 9.68. The molecule has 2 N–H and O–H groups in total. The van der Waals surface area contributed by atoms with Gasteiger partial charge in [-0.15, -0.1) is 0 Å². The summed E-state index contributed by atoms with van der Waals surface area (Å²) in [7, 11) is -3.33. The molecule has 1 aliphatic carbocycles. The fraction of sp³-hybridized carbons (Fsp3) is 0.435. The van der Waals surface area contributed by atoms with Gasteiger partial charge in [-0.05, 0) is 55.2 Å². The molecular weight excluding hydrogens is 416 g/mol. The average molecular weight is 445 g/mol. The maximum absolute atomic E-state index is 13.4. The first-order chi connectivity index (χ1) is 14.9. The van der Waals surface area contributed by atoms with Gasteiger partial charge in [-0.2, -0.15) is 0 Å². The third-order valence-corrected chi connectivity index (χ3v) is 7.43. The quantitative estimate of drug-likeness (QED) is 0.679. The van der Waals surface area contributed by atoms with Gasteiger partial charge in [-0.3, -0.25) is 9.52 Å². The molecule has 2 aromatic rings. The van der Waals surface area contributed by atoms with Crippen molar-refractivity contribution >= 4 is 21.6 Å². The Kier molecular flexibility index (Phi) is 6.09. The Morgan fingerprint density at radius 2 is 1.71 bits per heavy atom. The average Bonchev–Trinajstić information content (AvgIpc) is 3.26. The number of hydrogen-bond acceptors (Lipinski definition) is 5. The van der Waals surface area contributed by atoms with E-state index in [1.165, 1.54) is 0 Å². The van der Waals surface area contributed by atoms with Crippen molar-refractivity contribution in [2.75, 3.05) is 17.3 Å². The van der Waals surface area contributed by atoms with Crippen molar-refractivity contribution in [3.8, 4) is 11.5 Å². The molecule has 166 valence electrons. The summed E-state index contributed by atoms with van der Waals surface area (Å²) in [6.07, 6.45) is 4.65. The number of amides is 1. The molecule has 1 amide bonds. The van der Waals surface area contributed by atoms with Crippen LogP contribution in [0.4, 0.5) is 5.69 Å². The molecule has 1 heterocycles. The van der Waals surface area contributed by atoms with Crippen LogP contribution in [0.15, 0.2) is 42.5 Å². The Labute approximate surface area is 183 Å². The van der Waals surface area contributed by atoms with Crippen molar-refractivity contribution in [3.63, 3.8) is 0 Å². The normalized spacial score (nSPS) is 17.2. The Morgan fingerprint density at radius 1 is 1.00 bits per heavy atom. The smallest absolute Gasteiger partial charge is 0.232 e. The molecule has 31 heavy (non-hydrogen) atoms. The second-order valence-corrected chi connectivity index (χ2v) is 10.1. The van der Waals surface area contributed by atoms with E-state index in [1.54, 1.807) is 19.1 Å². The van der Waals surface area contributed by atoms with Crippen LogP contribution in [0.1, 0.15) is 50.2 Å².